The predicted octanol–water partition coefficient (Wildman–Crippen LogP) is 1.35. The Hall–Kier alpha value is -2.22. The van der Waals surface area contributed by atoms with Crippen LogP contribution in [0.1, 0.15) is 47.5 Å². The molecule has 2 aromatic heterocycles. The summed E-state index contributed by atoms with van der Waals surface area (Å²) in [6, 6.07) is -0.173. The van der Waals surface area contributed by atoms with E-state index in [0.717, 1.165) is 19.3 Å². The maximum atomic E-state index is 12.6. The van der Waals surface area contributed by atoms with Gasteiger partial charge in [0, 0.05) is 20.1 Å². The van der Waals surface area contributed by atoms with Crippen molar-refractivity contribution in [3.05, 3.63) is 29.9 Å². The first-order valence-electron chi connectivity index (χ1n) is 7.40. The second-order valence-electron chi connectivity index (χ2n) is 5.27. The lowest BCUT2D eigenvalue weighted by atomic mass is 10.0. The van der Waals surface area contributed by atoms with Crippen LogP contribution in [0.3, 0.4) is 0 Å². The second-order valence-corrected chi connectivity index (χ2v) is 5.27. The van der Waals surface area contributed by atoms with Gasteiger partial charge >= 0.3 is 0 Å². The van der Waals surface area contributed by atoms with Gasteiger partial charge in [0.1, 0.15) is 11.7 Å². The van der Waals surface area contributed by atoms with Crippen molar-refractivity contribution < 1.29 is 14.1 Å². The van der Waals surface area contributed by atoms with Crippen LogP contribution < -0.4 is 0 Å². The molecule has 1 aliphatic heterocycles. The third-order valence-electron chi connectivity index (χ3n) is 3.79. The van der Waals surface area contributed by atoms with Crippen molar-refractivity contribution in [3.8, 4) is 0 Å². The lowest BCUT2D eigenvalue weighted by Gasteiger charge is -2.32. The van der Waals surface area contributed by atoms with Gasteiger partial charge in [-0.25, -0.2) is 4.98 Å². The summed E-state index contributed by atoms with van der Waals surface area (Å²) in [5, 5.41) is 3.96. The highest BCUT2D eigenvalue weighted by Gasteiger charge is 2.33. The molecule has 3 heterocycles. The number of aromatic nitrogens is 4. The number of imidazole rings is 1. The van der Waals surface area contributed by atoms with Crippen LogP contribution in [0, 0.1) is 0 Å². The standard InChI is InChI=1S/C14H19N5O3/c1-21-7-5-12-17-13(22-18-12)11-4-2-3-6-19(11)14(20)10-8-15-9-16-10/h8-9,11H,2-7H2,1H3,(H,15,16)/t11-/m0/s1. The smallest absolute Gasteiger partial charge is 0.272 e. The first-order chi connectivity index (χ1) is 10.8. The fourth-order valence-corrected chi connectivity index (χ4v) is 2.66. The van der Waals surface area contributed by atoms with Crippen molar-refractivity contribution >= 4 is 5.91 Å². The number of aromatic amines is 1. The number of carbonyl (C=O) groups excluding carboxylic acids is 1. The van der Waals surface area contributed by atoms with Crippen LogP contribution >= 0.6 is 0 Å². The Morgan fingerprint density at radius 2 is 2.45 bits per heavy atom. The molecule has 22 heavy (non-hydrogen) atoms. The summed E-state index contributed by atoms with van der Waals surface area (Å²) in [6.07, 6.45) is 6.47. The monoisotopic (exact) mass is 305 g/mol. The second kappa shape index (κ2) is 6.69. The fraction of sp³-hybridized carbons (Fsp3) is 0.571. The van der Waals surface area contributed by atoms with Crippen LogP contribution in [0.15, 0.2) is 17.0 Å². The Morgan fingerprint density at radius 1 is 1.55 bits per heavy atom. The zero-order valence-corrected chi connectivity index (χ0v) is 12.5. The summed E-state index contributed by atoms with van der Waals surface area (Å²) in [6.45, 7) is 1.22. The SMILES string of the molecule is COCCc1noc([C@@H]2CCCCN2C(=O)c2cnc[nH]2)n1. The minimum absolute atomic E-state index is 0.0844. The molecule has 0 unspecified atom stereocenters. The number of H-pyrrole nitrogens is 1. The fourth-order valence-electron chi connectivity index (χ4n) is 2.66. The number of ether oxygens (including phenoxy) is 1. The number of hydrogen-bond acceptors (Lipinski definition) is 6. The van der Waals surface area contributed by atoms with Gasteiger partial charge in [0.05, 0.1) is 19.1 Å². The zero-order valence-electron chi connectivity index (χ0n) is 12.5. The van der Waals surface area contributed by atoms with Gasteiger partial charge in [-0.1, -0.05) is 5.16 Å². The van der Waals surface area contributed by atoms with Gasteiger partial charge < -0.3 is 19.1 Å². The number of methoxy groups -OCH3 is 1. The van der Waals surface area contributed by atoms with Gasteiger partial charge in [-0.3, -0.25) is 4.79 Å². The van der Waals surface area contributed by atoms with Gasteiger partial charge in [-0.15, -0.1) is 0 Å². The van der Waals surface area contributed by atoms with E-state index in [2.05, 4.69) is 20.1 Å². The number of nitrogens with one attached hydrogen (secondary N) is 1. The maximum Gasteiger partial charge on any atom is 0.272 e. The first-order valence-corrected chi connectivity index (χ1v) is 7.40. The highest BCUT2D eigenvalue weighted by molar-refractivity contribution is 5.92. The molecule has 1 amide bonds. The van der Waals surface area contributed by atoms with Gasteiger partial charge in [0.25, 0.3) is 5.91 Å². The number of likely N-dealkylation sites (tertiary alicyclic amines) is 1. The molecule has 0 aliphatic carbocycles. The quantitative estimate of drug-likeness (QED) is 0.895. The minimum Gasteiger partial charge on any atom is -0.384 e. The first kappa shape index (κ1) is 14.7. The average Bonchev–Trinajstić information content (AvgIpc) is 3.24. The van der Waals surface area contributed by atoms with E-state index in [1.165, 1.54) is 12.5 Å². The highest BCUT2D eigenvalue weighted by Crippen LogP contribution is 2.30. The van der Waals surface area contributed by atoms with Crippen LogP contribution in [0.5, 0.6) is 0 Å². The Bertz CT molecular complexity index is 610. The summed E-state index contributed by atoms with van der Waals surface area (Å²) >= 11 is 0. The molecule has 2 aromatic rings. The van der Waals surface area contributed by atoms with Crippen molar-refractivity contribution in [2.45, 2.75) is 31.7 Å². The van der Waals surface area contributed by atoms with Gasteiger partial charge in [0.2, 0.25) is 5.89 Å². The summed E-state index contributed by atoms with van der Waals surface area (Å²) < 4.78 is 10.4. The van der Waals surface area contributed by atoms with E-state index in [-0.39, 0.29) is 11.9 Å². The van der Waals surface area contributed by atoms with Crippen molar-refractivity contribution in [2.24, 2.45) is 0 Å². The van der Waals surface area contributed by atoms with E-state index >= 15 is 0 Å². The van der Waals surface area contributed by atoms with Crippen molar-refractivity contribution in [1.29, 1.82) is 0 Å². The number of nitrogens with zero attached hydrogens (tertiary/aromatic N) is 4. The number of amides is 1. The molecule has 1 aliphatic rings. The van der Waals surface area contributed by atoms with Crippen molar-refractivity contribution in [2.75, 3.05) is 20.3 Å². The van der Waals surface area contributed by atoms with Crippen LogP contribution in [0.2, 0.25) is 0 Å². The topological polar surface area (TPSA) is 97.1 Å². The third kappa shape index (κ3) is 3.01. The lowest BCUT2D eigenvalue weighted by Crippen LogP contribution is -2.38. The van der Waals surface area contributed by atoms with Gasteiger partial charge in [0.15, 0.2) is 5.82 Å². The molecule has 1 fully saturated rings. The van der Waals surface area contributed by atoms with Crippen LogP contribution in [0.4, 0.5) is 0 Å². The van der Waals surface area contributed by atoms with Crippen LogP contribution in [-0.2, 0) is 11.2 Å². The molecule has 3 rings (SSSR count). The summed E-state index contributed by atoms with van der Waals surface area (Å²) in [4.78, 5) is 25.5. The summed E-state index contributed by atoms with van der Waals surface area (Å²) in [7, 11) is 1.63. The van der Waals surface area contributed by atoms with Crippen molar-refractivity contribution in [1.82, 2.24) is 25.0 Å². The number of piperidine rings is 1. The average molecular weight is 305 g/mol. The summed E-state index contributed by atoms with van der Waals surface area (Å²) in [5.41, 5.74) is 0.478. The molecule has 1 saturated heterocycles. The van der Waals surface area contributed by atoms with E-state index in [0.29, 0.717) is 37.0 Å². The molecule has 1 N–H and O–H groups in total. The number of hydrogen-bond donors (Lipinski definition) is 1. The van der Waals surface area contributed by atoms with Gasteiger partial charge in [-0.05, 0) is 19.3 Å². The maximum absolute atomic E-state index is 12.6. The number of carbonyl (C=O) groups is 1. The van der Waals surface area contributed by atoms with Crippen LogP contribution in [-0.4, -0.2) is 51.2 Å². The molecular formula is C14H19N5O3. The normalized spacial score (nSPS) is 18.6. The molecule has 0 radical (unpaired) electrons. The van der Waals surface area contributed by atoms with Gasteiger partial charge in [-0.2, -0.15) is 4.98 Å². The predicted molar refractivity (Wildman–Crippen MR) is 76.1 cm³/mol. The Kier molecular flexibility index (Phi) is 4.47. The highest BCUT2D eigenvalue weighted by atomic mass is 16.5. The summed E-state index contributed by atoms with van der Waals surface area (Å²) in [5.74, 6) is 1.02. The molecule has 118 valence electrons. The van der Waals surface area contributed by atoms with E-state index in [9.17, 15) is 4.79 Å². The third-order valence-corrected chi connectivity index (χ3v) is 3.79. The molecule has 0 saturated carbocycles. The van der Waals surface area contributed by atoms with Crippen molar-refractivity contribution in [3.63, 3.8) is 0 Å². The van der Waals surface area contributed by atoms with Crippen LogP contribution in [0.25, 0.3) is 0 Å². The van der Waals surface area contributed by atoms with E-state index < -0.39 is 0 Å². The van der Waals surface area contributed by atoms with E-state index in [1.54, 1.807) is 12.0 Å². The lowest BCUT2D eigenvalue weighted by molar-refractivity contribution is 0.0556. The zero-order chi connectivity index (χ0) is 15.4. The Balaban J connectivity index is 1.77. The molecule has 0 aromatic carbocycles. The molecular weight excluding hydrogens is 286 g/mol. The van der Waals surface area contributed by atoms with E-state index in [1.807, 2.05) is 0 Å². The molecule has 1 atom stereocenters. The van der Waals surface area contributed by atoms with E-state index in [4.69, 9.17) is 9.26 Å². The Morgan fingerprint density at radius 3 is 3.23 bits per heavy atom. The Labute approximate surface area is 127 Å². The molecule has 8 heteroatoms. The molecule has 0 bridgehead atoms. The molecule has 0 spiro atoms. The largest absolute Gasteiger partial charge is 0.384 e. The minimum atomic E-state index is -0.173. The number of rotatable bonds is 5. The molecule has 8 nitrogen and oxygen atoms in total.